The second-order valence-corrected chi connectivity index (χ2v) is 8.34. The summed E-state index contributed by atoms with van der Waals surface area (Å²) in [7, 11) is 0. The Bertz CT molecular complexity index is 535. The average Bonchev–Trinajstić information content (AvgIpc) is 2.86. The molecule has 0 aromatic heterocycles. The molecule has 0 aliphatic heterocycles. The smallest absolute Gasteiger partial charge is 0.303 e. The van der Waals surface area contributed by atoms with Gasteiger partial charge in [-0.25, -0.2) is 0 Å². The van der Waals surface area contributed by atoms with Crippen LogP contribution in [0.4, 0.5) is 0 Å². The van der Waals surface area contributed by atoms with E-state index in [0.29, 0.717) is 19.3 Å². The van der Waals surface area contributed by atoms with Crippen LogP contribution < -0.4 is 0 Å². The van der Waals surface area contributed by atoms with Gasteiger partial charge in [-0.15, -0.1) is 0 Å². The highest BCUT2D eigenvalue weighted by Crippen LogP contribution is 2.35. The van der Waals surface area contributed by atoms with Crippen molar-refractivity contribution >= 4 is 11.8 Å². The molecule has 3 N–H and O–H groups in total. The summed E-state index contributed by atoms with van der Waals surface area (Å²) in [5, 5.41) is 29.4. The number of ketones is 1. The SMILES string of the molecule is CCCCC(C)(C)[C@H](O)C=C[C@@H]1[C@H](O)CC(=O)[C@@H]1CC=CCCCC(=O)O. The lowest BCUT2D eigenvalue weighted by molar-refractivity contribution is -0.137. The Morgan fingerprint density at radius 1 is 1.30 bits per heavy atom. The molecule has 5 nitrogen and oxygen atoms in total. The molecule has 0 amide bonds. The number of aliphatic carboxylic acids is 1. The predicted octanol–water partition coefficient (Wildman–Crippen LogP) is 3.89. The number of carbonyl (C=O) groups excluding carboxylic acids is 1. The first-order valence-corrected chi connectivity index (χ1v) is 10.1. The maximum Gasteiger partial charge on any atom is 0.303 e. The second-order valence-electron chi connectivity index (χ2n) is 8.34. The Labute approximate surface area is 163 Å². The first-order chi connectivity index (χ1) is 12.7. The molecule has 154 valence electrons. The molecule has 1 aliphatic carbocycles. The number of Topliss-reactive ketones (excluding diaryl/α,β-unsaturated/α-hetero) is 1. The van der Waals surface area contributed by atoms with Crippen LogP contribution in [0.25, 0.3) is 0 Å². The van der Waals surface area contributed by atoms with Crippen molar-refractivity contribution in [2.75, 3.05) is 0 Å². The Kier molecular flexibility index (Phi) is 9.95. The summed E-state index contributed by atoms with van der Waals surface area (Å²) >= 11 is 0. The summed E-state index contributed by atoms with van der Waals surface area (Å²) in [4.78, 5) is 22.7. The van der Waals surface area contributed by atoms with Crippen LogP contribution >= 0.6 is 0 Å². The predicted molar refractivity (Wildman–Crippen MR) is 106 cm³/mol. The van der Waals surface area contributed by atoms with E-state index < -0.39 is 18.2 Å². The lowest BCUT2D eigenvalue weighted by atomic mass is 9.80. The van der Waals surface area contributed by atoms with E-state index in [0.717, 1.165) is 19.3 Å². The molecule has 0 bridgehead atoms. The Morgan fingerprint density at radius 2 is 2.00 bits per heavy atom. The molecule has 27 heavy (non-hydrogen) atoms. The first-order valence-electron chi connectivity index (χ1n) is 10.1. The van der Waals surface area contributed by atoms with Gasteiger partial charge in [0, 0.05) is 24.7 Å². The molecule has 0 radical (unpaired) electrons. The fourth-order valence-corrected chi connectivity index (χ4v) is 3.53. The fourth-order valence-electron chi connectivity index (χ4n) is 3.53. The lowest BCUT2D eigenvalue weighted by Gasteiger charge is -2.29. The van der Waals surface area contributed by atoms with Crippen molar-refractivity contribution in [3.8, 4) is 0 Å². The van der Waals surface area contributed by atoms with E-state index in [1.807, 2.05) is 32.1 Å². The van der Waals surface area contributed by atoms with Crippen LogP contribution in [0.5, 0.6) is 0 Å². The number of unbranched alkanes of at least 4 members (excludes halogenated alkanes) is 2. The van der Waals surface area contributed by atoms with Crippen molar-refractivity contribution in [1.82, 2.24) is 0 Å². The molecule has 0 spiro atoms. The number of aliphatic hydroxyl groups excluding tert-OH is 2. The number of aliphatic hydroxyl groups is 2. The number of hydrogen-bond acceptors (Lipinski definition) is 4. The van der Waals surface area contributed by atoms with Gasteiger partial charge in [0.25, 0.3) is 0 Å². The van der Waals surface area contributed by atoms with Gasteiger partial charge < -0.3 is 15.3 Å². The Morgan fingerprint density at radius 3 is 2.63 bits per heavy atom. The van der Waals surface area contributed by atoms with E-state index in [4.69, 9.17) is 5.11 Å². The summed E-state index contributed by atoms with van der Waals surface area (Å²) in [6.45, 7) is 6.19. The normalized spacial score (nSPS) is 24.9. The Balaban J connectivity index is 2.63. The van der Waals surface area contributed by atoms with E-state index in [-0.39, 0.29) is 35.9 Å². The summed E-state index contributed by atoms with van der Waals surface area (Å²) < 4.78 is 0. The molecule has 4 atom stereocenters. The highest BCUT2D eigenvalue weighted by Gasteiger charge is 2.39. The standard InChI is InChI=1S/C22H36O5/c1-4-5-14-22(2,3)20(25)13-12-17-16(18(23)15-19(17)24)10-8-6-7-9-11-21(26)27/h6,8,12-13,16-17,19-20,24-25H,4-5,7,9-11,14-15H2,1-3H3,(H,26,27)/t16-,17+,19-,20-/m1/s1. The van der Waals surface area contributed by atoms with E-state index in [1.165, 1.54) is 0 Å². The minimum absolute atomic E-state index is 0.0482. The van der Waals surface area contributed by atoms with Crippen molar-refractivity contribution in [2.24, 2.45) is 17.3 Å². The highest BCUT2D eigenvalue weighted by molar-refractivity contribution is 5.84. The van der Waals surface area contributed by atoms with Crippen molar-refractivity contribution < 1.29 is 24.9 Å². The zero-order valence-corrected chi connectivity index (χ0v) is 16.9. The van der Waals surface area contributed by atoms with Crippen molar-refractivity contribution in [1.29, 1.82) is 0 Å². The summed E-state index contributed by atoms with van der Waals surface area (Å²) in [5.41, 5.74) is -0.236. The van der Waals surface area contributed by atoms with Crippen LogP contribution in [0.1, 0.15) is 72.1 Å². The van der Waals surface area contributed by atoms with Gasteiger partial charge in [0.1, 0.15) is 5.78 Å². The minimum Gasteiger partial charge on any atom is -0.481 e. The van der Waals surface area contributed by atoms with Crippen molar-refractivity contribution in [3.05, 3.63) is 24.3 Å². The second kappa shape index (κ2) is 11.4. The molecule has 0 saturated heterocycles. The van der Waals surface area contributed by atoms with Gasteiger partial charge in [-0.1, -0.05) is 57.9 Å². The largest absolute Gasteiger partial charge is 0.481 e. The van der Waals surface area contributed by atoms with Gasteiger partial charge in [-0.3, -0.25) is 9.59 Å². The Hall–Kier alpha value is -1.46. The molecular weight excluding hydrogens is 344 g/mol. The van der Waals surface area contributed by atoms with Gasteiger partial charge in [0.2, 0.25) is 0 Å². The molecule has 1 saturated carbocycles. The van der Waals surface area contributed by atoms with Crippen LogP contribution in [-0.2, 0) is 9.59 Å². The van der Waals surface area contributed by atoms with Crippen LogP contribution in [-0.4, -0.2) is 39.3 Å². The maximum absolute atomic E-state index is 12.2. The molecular formula is C22H36O5. The number of carboxylic acids is 1. The van der Waals surface area contributed by atoms with Gasteiger partial charge >= 0.3 is 5.97 Å². The molecule has 1 rings (SSSR count). The van der Waals surface area contributed by atoms with E-state index >= 15 is 0 Å². The third kappa shape index (κ3) is 7.97. The number of rotatable bonds is 12. The zero-order chi connectivity index (χ0) is 20.4. The minimum atomic E-state index is -0.803. The maximum atomic E-state index is 12.2. The quantitative estimate of drug-likeness (QED) is 0.353. The number of carbonyl (C=O) groups is 2. The van der Waals surface area contributed by atoms with E-state index in [9.17, 15) is 19.8 Å². The van der Waals surface area contributed by atoms with Crippen molar-refractivity contribution in [2.45, 2.75) is 84.3 Å². The van der Waals surface area contributed by atoms with Gasteiger partial charge in [-0.05, 0) is 31.1 Å². The number of hydrogen-bond donors (Lipinski definition) is 3. The summed E-state index contributed by atoms with van der Waals surface area (Å²) in [6.07, 6.45) is 11.2. The first kappa shape index (κ1) is 23.6. The molecule has 5 heteroatoms. The zero-order valence-electron chi connectivity index (χ0n) is 16.9. The molecule has 0 unspecified atom stereocenters. The van der Waals surface area contributed by atoms with Crippen LogP contribution in [0.2, 0.25) is 0 Å². The molecule has 0 heterocycles. The van der Waals surface area contributed by atoms with E-state index in [1.54, 1.807) is 6.08 Å². The van der Waals surface area contributed by atoms with Crippen molar-refractivity contribution in [3.63, 3.8) is 0 Å². The third-order valence-corrected chi connectivity index (χ3v) is 5.54. The molecule has 1 fully saturated rings. The van der Waals surface area contributed by atoms with E-state index in [2.05, 4.69) is 6.92 Å². The van der Waals surface area contributed by atoms with Gasteiger partial charge in [0.05, 0.1) is 12.2 Å². The topological polar surface area (TPSA) is 94.8 Å². The number of allylic oxidation sites excluding steroid dienone is 2. The molecule has 0 aromatic carbocycles. The summed E-state index contributed by atoms with van der Waals surface area (Å²) in [5.74, 6) is -1.31. The van der Waals surface area contributed by atoms with Gasteiger partial charge in [0.15, 0.2) is 0 Å². The third-order valence-electron chi connectivity index (χ3n) is 5.54. The molecule has 0 aromatic rings. The van der Waals surface area contributed by atoms with Crippen LogP contribution in [0, 0.1) is 17.3 Å². The highest BCUT2D eigenvalue weighted by atomic mass is 16.4. The molecule has 1 aliphatic rings. The fraction of sp³-hybridized carbons (Fsp3) is 0.727. The average molecular weight is 381 g/mol. The number of carboxylic acid groups (broad SMARTS) is 1. The lowest BCUT2D eigenvalue weighted by Crippen LogP contribution is -2.28. The monoisotopic (exact) mass is 380 g/mol. The van der Waals surface area contributed by atoms with Crippen LogP contribution in [0.3, 0.4) is 0 Å². The van der Waals surface area contributed by atoms with Crippen LogP contribution in [0.15, 0.2) is 24.3 Å². The summed E-state index contributed by atoms with van der Waals surface area (Å²) in [6, 6.07) is 0. The van der Waals surface area contributed by atoms with Gasteiger partial charge in [-0.2, -0.15) is 0 Å².